The van der Waals surface area contributed by atoms with Crippen molar-refractivity contribution < 1.29 is 18.7 Å². The molecule has 6 nitrogen and oxygen atoms in total. The third-order valence-corrected chi connectivity index (χ3v) is 5.50. The number of anilines is 2. The molecule has 0 radical (unpaired) electrons. The summed E-state index contributed by atoms with van der Waals surface area (Å²) < 4.78 is 19.3. The van der Waals surface area contributed by atoms with Crippen LogP contribution in [0.15, 0.2) is 48.5 Å². The molecule has 0 aliphatic carbocycles. The topological polar surface area (TPSA) is 91.2 Å². The van der Waals surface area contributed by atoms with Crippen LogP contribution in [0.5, 0.6) is 5.75 Å². The van der Waals surface area contributed by atoms with Gasteiger partial charge in [-0.1, -0.05) is 30.3 Å². The zero-order valence-corrected chi connectivity index (χ0v) is 17.1. The van der Waals surface area contributed by atoms with Gasteiger partial charge >= 0.3 is 0 Å². The van der Waals surface area contributed by atoms with Crippen molar-refractivity contribution in [2.75, 3.05) is 17.2 Å². The lowest BCUT2D eigenvalue weighted by Gasteiger charge is -2.08. The van der Waals surface area contributed by atoms with Gasteiger partial charge in [0.25, 0.3) is 11.8 Å². The highest BCUT2D eigenvalue weighted by atomic mass is 32.1. The molecule has 152 valence electrons. The third-order valence-electron chi connectivity index (χ3n) is 4.29. The van der Waals surface area contributed by atoms with Crippen LogP contribution in [0.25, 0.3) is 0 Å². The molecule has 0 spiro atoms. The van der Waals surface area contributed by atoms with E-state index in [1.165, 1.54) is 18.2 Å². The van der Waals surface area contributed by atoms with Gasteiger partial charge in [-0.25, -0.2) is 4.39 Å². The predicted octanol–water partition coefficient (Wildman–Crippen LogP) is 4.65. The number of thiophene rings is 1. The van der Waals surface area contributed by atoms with E-state index in [1.807, 2.05) is 25.1 Å². The van der Waals surface area contributed by atoms with Gasteiger partial charge in [0.1, 0.15) is 22.6 Å². The maximum atomic E-state index is 13.8. The van der Waals surface area contributed by atoms with E-state index < -0.39 is 17.6 Å². The van der Waals surface area contributed by atoms with E-state index in [4.69, 9.17) is 4.74 Å². The Hall–Kier alpha value is -3.70. The molecular weight excluding hydrogens is 405 g/mol. The quantitative estimate of drug-likeness (QED) is 0.604. The number of amides is 2. The van der Waals surface area contributed by atoms with Gasteiger partial charge < -0.3 is 15.4 Å². The number of nitrogens with zero attached hydrogens (tertiary/aromatic N) is 1. The number of halogens is 1. The number of nitrogens with one attached hydrogen (secondary N) is 2. The number of benzene rings is 2. The molecule has 0 fully saturated rings. The SMILES string of the molecule is Cc1ccccc1OCC(=O)Nc1sc(C(=O)Nc2ccccc2F)c(C)c1C#N. The van der Waals surface area contributed by atoms with E-state index >= 15 is 0 Å². The Morgan fingerprint density at radius 2 is 1.80 bits per heavy atom. The van der Waals surface area contributed by atoms with Gasteiger partial charge in [-0.15, -0.1) is 11.3 Å². The van der Waals surface area contributed by atoms with Gasteiger partial charge in [0.2, 0.25) is 0 Å². The molecule has 0 aliphatic rings. The highest BCUT2D eigenvalue weighted by Gasteiger charge is 2.22. The zero-order valence-electron chi connectivity index (χ0n) is 16.3. The second-order valence-corrected chi connectivity index (χ2v) is 7.43. The molecule has 0 aliphatic heterocycles. The fourth-order valence-corrected chi connectivity index (χ4v) is 3.79. The van der Waals surface area contributed by atoms with Crippen LogP contribution in [-0.4, -0.2) is 18.4 Å². The average Bonchev–Trinajstić information content (AvgIpc) is 3.04. The number of hydrogen-bond donors (Lipinski definition) is 2. The van der Waals surface area contributed by atoms with Crippen molar-refractivity contribution in [2.45, 2.75) is 13.8 Å². The first-order valence-corrected chi connectivity index (χ1v) is 9.80. The molecule has 3 rings (SSSR count). The lowest BCUT2D eigenvalue weighted by Crippen LogP contribution is -2.20. The fourth-order valence-electron chi connectivity index (χ4n) is 2.72. The molecule has 1 aromatic heterocycles. The minimum atomic E-state index is -0.567. The molecule has 1 heterocycles. The first kappa shape index (κ1) is 21.0. The molecule has 8 heteroatoms. The Bertz CT molecular complexity index is 1150. The van der Waals surface area contributed by atoms with Gasteiger partial charge in [0, 0.05) is 0 Å². The zero-order chi connectivity index (χ0) is 21.7. The molecule has 0 bridgehead atoms. The Kier molecular flexibility index (Phi) is 6.45. The monoisotopic (exact) mass is 423 g/mol. The first-order valence-electron chi connectivity index (χ1n) is 8.98. The number of aryl methyl sites for hydroxylation is 1. The molecule has 2 N–H and O–H groups in total. The van der Waals surface area contributed by atoms with Crippen LogP contribution in [-0.2, 0) is 4.79 Å². The fraction of sp³-hybridized carbons (Fsp3) is 0.136. The van der Waals surface area contributed by atoms with E-state index in [2.05, 4.69) is 10.6 Å². The lowest BCUT2D eigenvalue weighted by molar-refractivity contribution is -0.118. The van der Waals surface area contributed by atoms with Crippen LogP contribution in [0.2, 0.25) is 0 Å². The van der Waals surface area contributed by atoms with Gasteiger partial charge in [0.15, 0.2) is 6.61 Å². The largest absolute Gasteiger partial charge is 0.483 e. The van der Waals surface area contributed by atoms with Crippen LogP contribution in [0.4, 0.5) is 15.1 Å². The molecule has 0 saturated carbocycles. The van der Waals surface area contributed by atoms with E-state index in [0.29, 0.717) is 11.3 Å². The lowest BCUT2D eigenvalue weighted by atomic mass is 10.1. The van der Waals surface area contributed by atoms with E-state index in [1.54, 1.807) is 25.1 Å². The van der Waals surface area contributed by atoms with Gasteiger partial charge in [-0.05, 0) is 43.2 Å². The minimum absolute atomic E-state index is 0.0334. The Balaban J connectivity index is 1.73. The molecule has 30 heavy (non-hydrogen) atoms. The molecule has 0 unspecified atom stereocenters. The van der Waals surface area contributed by atoms with Crippen molar-refractivity contribution >= 4 is 33.8 Å². The maximum Gasteiger partial charge on any atom is 0.266 e. The third kappa shape index (κ3) is 4.64. The highest BCUT2D eigenvalue weighted by molar-refractivity contribution is 7.18. The van der Waals surface area contributed by atoms with Crippen molar-refractivity contribution in [3.63, 3.8) is 0 Å². The van der Waals surface area contributed by atoms with Gasteiger partial charge in [-0.3, -0.25) is 9.59 Å². The highest BCUT2D eigenvalue weighted by Crippen LogP contribution is 2.33. The second-order valence-electron chi connectivity index (χ2n) is 6.41. The van der Waals surface area contributed by atoms with Gasteiger partial charge in [0.05, 0.1) is 16.1 Å². The van der Waals surface area contributed by atoms with E-state index in [-0.39, 0.29) is 27.7 Å². The normalized spacial score (nSPS) is 10.2. The number of carbonyl (C=O) groups excluding carboxylic acids is 2. The number of carbonyl (C=O) groups is 2. The van der Waals surface area contributed by atoms with Crippen LogP contribution in [0, 0.1) is 31.0 Å². The molecule has 3 aromatic rings. The predicted molar refractivity (Wildman–Crippen MR) is 113 cm³/mol. The minimum Gasteiger partial charge on any atom is -0.483 e. The molecule has 2 aromatic carbocycles. The van der Waals surface area contributed by atoms with Crippen LogP contribution in [0.1, 0.15) is 26.4 Å². The summed E-state index contributed by atoms with van der Waals surface area (Å²) in [7, 11) is 0. The summed E-state index contributed by atoms with van der Waals surface area (Å²) in [5.41, 5.74) is 1.52. The van der Waals surface area contributed by atoms with Crippen LogP contribution >= 0.6 is 11.3 Å². The van der Waals surface area contributed by atoms with E-state index in [9.17, 15) is 19.2 Å². The smallest absolute Gasteiger partial charge is 0.266 e. The molecule has 0 atom stereocenters. The number of rotatable bonds is 6. The van der Waals surface area contributed by atoms with Crippen LogP contribution in [0.3, 0.4) is 0 Å². The summed E-state index contributed by atoms with van der Waals surface area (Å²) in [5.74, 6) is -1.00. The van der Waals surface area contributed by atoms with Gasteiger partial charge in [-0.2, -0.15) is 5.26 Å². The summed E-state index contributed by atoms with van der Waals surface area (Å²) in [6, 6.07) is 15.1. The summed E-state index contributed by atoms with van der Waals surface area (Å²) in [4.78, 5) is 25.1. The van der Waals surface area contributed by atoms with Crippen molar-refractivity contribution in [3.05, 3.63) is 75.9 Å². The van der Waals surface area contributed by atoms with Crippen LogP contribution < -0.4 is 15.4 Å². The summed E-state index contributed by atoms with van der Waals surface area (Å²) >= 11 is 0.953. The molecular formula is C22H18FN3O3S. The molecule has 2 amide bonds. The number of ether oxygens (including phenoxy) is 1. The maximum absolute atomic E-state index is 13.8. The summed E-state index contributed by atoms with van der Waals surface area (Å²) in [5, 5.41) is 14.8. The Labute approximate surface area is 176 Å². The number of hydrogen-bond acceptors (Lipinski definition) is 5. The van der Waals surface area contributed by atoms with Crippen molar-refractivity contribution in [1.29, 1.82) is 5.26 Å². The Morgan fingerprint density at radius 1 is 1.10 bits per heavy atom. The Morgan fingerprint density at radius 3 is 2.50 bits per heavy atom. The number of para-hydroxylation sites is 2. The number of nitriles is 1. The van der Waals surface area contributed by atoms with E-state index in [0.717, 1.165) is 16.9 Å². The van der Waals surface area contributed by atoms with Crippen molar-refractivity contribution in [1.82, 2.24) is 0 Å². The summed E-state index contributed by atoms with van der Waals surface area (Å²) in [6.07, 6.45) is 0. The average molecular weight is 423 g/mol. The second kappa shape index (κ2) is 9.20. The molecule has 0 saturated heterocycles. The summed E-state index contributed by atoms with van der Waals surface area (Å²) in [6.45, 7) is 3.22. The van der Waals surface area contributed by atoms with Crippen molar-refractivity contribution in [2.24, 2.45) is 0 Å². The first-order chi connectivity index (χ1) is 14.4. The standard InChI is InChI=1S/C22H18FN3O3S/c1-13-7-3-6-10-18(13)29-12-19(27)26-22-15(11-24)14(2)20(30-22)21(28)25-17-9-5-4-8-16(17)23/h3-10H,12H2,1-2H3,(H,25,28)(H,26,27). The van der Waals surface area contributed by atoms with Crippen molar-refractivity contribution in [3.8, 4) is 11.8 Å².